The summed E-state index contributed by atoms with van der Waals surface area (Å²) in [5, 5.41) is 25.2. The summed E-state index contributed by atoms with van der Waals surface area (Å²) in [4.78, 5) is 40.2. The summed E-state index contributed by atoms with van der Waals surface area (Å²) in [5.41, 5.74) is 15.3. The van der Waals surface area contributed by atoms with Crippen molar-refractivity contribution in [2.24, 2.45) is 23.7 Å². The number of benzene rings is 9. The number of rotatable bonds is 9. The maximum absolute atomic E-state index is 14.5. The molecule has 4 saturated carbocycles. The molecule has 4 heterocycles. The monoisotopic (exact) mass is 1200 g/mol. The molecule has 5 aliphatic carbocycles. The van der Waals surface area contributed by atoms with E-state index in [1.165, 1.54) is 46.3 Å². The molecule has 1 spiro atoms. The van der Waals surface area contributed by atoms with E-state index in [9.17, 15) is 19.3 Å². The van der Waals surface area contributed by atoms with Crippen LogP contribution >= 0.6 is 11.3 Å². The van der Waals surface area contributed by atoms with Crippen molar-refractivity contribution in [2.75, 3.05) is 0 Å². The quantitative estimate of drug-likeness (QED) is 0.137. The summed E-state index contributed by atoms with van der Waals surface area (Å²) in [6.45, 7) is 4.07. The molecule has 0 unspecified atom stereocenters. The molecule has 10 nitrogen and oxygen atoms in total. The normalized spacial score (nSPS) is 18.4. The lowest BCUT2D eigenvalue weighted by atomic mass is 9.43. The topological polar surface area (TPSA) is 151 Å². The molecule has 0 saturated heterocycles. The van der Waals surface area contributed by atoms with Crippen LogP contribution in [-0.4, -0.2) is 39.9 Å². The molecule has 0 atom stereocenters. The summed E-state index contributed by atoms with van der Waals surface area (Å²) < 4.78 is 31.0. The van der Waals surface area contributed by atoms with Crippen molar-refractivity contribution >= 4 is 31.5 Å². The summed E-state index contributed by atoms with van der Waals surface area (Å²) in [7, 11) is 0. The Balaban J connectivity index is 0.854. The third-order valence-electron chi connectivity index (χ3n) is 19.6. The van der Waals surface area contributed by atoms with Gasteiger partial charge in [-0.05, 0) is 194 Å². The molecule has 4 aromatic heterocycles. The highest BCUT2D eigenvalue weighted by molar-refractivity contribution is 7.26. The molecule has 9 aromatic carbocycles. The van der Waals surface area contributed by atoms with E-state index < -0.39 is 5.41 Å². The Morgan fingerprint density at radius 3 is 1.45 bits per heavy atom. The molecule has 0 N–H and O–H groups in total. The van der Waals surface area contributed by atoms with Gasteiger partial charge >= 0.3 is 0 Å². The standard InChI is InChI=1S/C78H52F2N10S/c1-42-10-14-46(15-11-42)71-85-72(48-18-23-55(79)24-19-48)88-75(87-71)50-22-27-57(63(35-50)60-8-5-7-59-58-6-3-4-9-69(58)91-70(59)60)61-38-66-64(36-51(61)40-81)65-37-52(41-82)62(39-67(65)78(66)53-31-44-30-45(33-53)34-54(78)32-44)76-83-29-28-68(84-76)77-89-73(47-16-12-43(2)13-17-47)86-74(90-77)49-20-25-56(80)26-21-49/h3-29,35-39,44-45,53-54H,30-34H2,1-2H3. The number of hydrogen-bond acceptors (Lipinski definition) is 11. The second-order valence-electron chi connectivity index (χ2n) is 24.9. The number of aryl methyl sites for hydroxylation is 2. The van der Waals surface area contributed by atoms with E-state index >= 15 is 0 Å². The zero-order valence-corrected chi connectivity index (χ0v) is 50.3. The van der Waals surface area contributed by atoms with Crippen LogP contribution in [0.5, 0.6) is 0 Å². The highest BCUT2D eigenvalue weighted by atomic mass is 32.1. The van der Waals surface area contributed by atoms with Gasteiger partial charge < -0.3 is 0 Å². The van der Waals surface area contributed by atoms with Crippen molar-refractivity contribution in [1.29, 1.82) is 10.5 Å². The third kappa shape index (κ3) is 8.97. The van der Waals surface area contributed by atoms with E-state index in [1.807, 2.05) is 68.4 Å². The molecule has 0 aliphatic heterocycles. The maximum Gasteiger partial charge on any atom is 0.182 e. The Morgan fingerprint density at radius 1 is 0.407 bits per heavy atom. The minimum Gasteiger partial charge on any atom is -0.236 e. The average molecular weight is 1200 g/mol. The lowest BCUT2D eigenvalue weighted by molar-refractivity contribution is -0.0399. The molecule has 5 aliphatic rings. The molecule has 0 radical (unpaired) electrons. The molecule has 18 rings (SSSR count). The zero-order valence-electron chi connectivity index (χ0n) is 49.5. The molecular weight excluding hydrogens is 1150 g/mol. The van der Waals surface area contributed by atoms with Crippen molar-refractivity contribution in [3.8, 4) is 125 Å². The highest BCUT2D eigenvalue weighted by Gasteiger charge is 2.62. The minimum absolute atomic E-state index is 0.306. The van der Waals surface area contributed by atoms with Gasteiger partial charge in [-0.25, -0.2) is 48.7 Å². The smallest absolute Gasteiger partial charge is 0.182 e. The van der Waals surface area contributed by atoms with Gasteiger partial charge in [-0.2, -0.15) is 10.5 Å². The predicted octanol–water partition coefficient (Wildman–Crippen LogP) is 18.6. The first-order valence-electron chi connectivity index (χ1n) is 30.8. The minimum atomic E-state index is -0.442. The maximum atomic E-state index is 14.5. The van der Waals surface area contributed by atoms with Crippen molar-refractivity contribution in [1.82, 2.24) is 39.9 Å². The number of fused-ring (bicyclic) bond motifs is 6. The number of halogens is 2. The molecule has 0 amide bonds. The highest BCUT2D eigenvalue weighted by Crippen LogP contribution is 2.70. The molecule has 4 bridgehead atoms. The second-order valence-corrected chi connectivity index (χ2v) is 26.0. The van der Waals surface area contributed by atoms with Crippen molar-refractivity contribution in [3.05, 3.63) is 239 Å². The number of thiophene rings is 1. The molecular formula is C78H52F2N10S. The van der Waals surface area contributed by atoms with Crippen molar-refractivity contribution < 1.29 is 8.78 Å². The van der Waals surface area contributed by atoms with Gasteiger partial charge in [0, 0.05) is 76.3 Å². The first-order chi connectivity index (χ1) is 44.5. The van der Waals surface area contributed by atoms with E-state index in [2.05, 4.69) is 91.0 Å². The molecule has 4 fully saturated rings. The Kier molecular flexibility index (Phi) is 12.6. The predicted molar refractivity (Wildman–Crippen MR) is 353 cm³/mol. The Labute approximate surface area is 527 Å². The van der Waals surface area contributed by atoms with Crippen LogP contribution in [0.4, 0.5) is 8.78 Å². The zero-order chi connectivity index (χ0) is 61.2. The summed E-state index contributed by atoms with van der Waals surface area (Å²) >= 11 is 1.75. The van der Waals surface area contributed by atoms with E-state index in [4.69, 9.17) is 39.9 Å². The van der Waals surface area contributed by atoms with Crippen molar-refractivity contribution in [2.45, 2.75) is 51.4 Å². The molecule has 13 heteroatoms. The van der Waals surface area contributed by atoms with Gasteiger partial charge in [-0.3, -0.25) is 0 Å². The van der Waals surface area contributed by atoms with Crippen LogP contribution in [-0.2, 0) is 5.41 Å². The number of aromatic nitrogens is 8. The van der Waals surface area contributed by atoms with Crippen LogP contribution in [0.2, 0.25) is 0 Å². The van der Waals surface area contributed by atoms with Gasteiger partial charge in [0.25, 0.3) is 0 Å². The Bertz CT molecular complexity index is 5110. The fourth-order valence-electron chi connectivity index (χ4n) is 15.7. The molecule has 434 valence electrons. The second kappa shape index (κ2) is 21.2. The Morgan fingerprint density at radius 2 is 0.890 bits per heavy atom. The van der Waals surface area contributed by atoms with Crippen LogP contribution in [0.25, 0.3) is 133 Å². The molecule has 91 heavy (non-hydrogen) atoms. The first-order valence-corrected chi connectivity index (χ1v) is 31.6. The van der Waals surface area contributed by atoms with E-state index in [0.29, 0.717) is 98.0 Å². The van der Waals surface area contributed by atoms with Crippen molar-refractivity contribution in [3.63, 3.8) is 0 Å². The van der Waals surface area contributed by atoms with Crippen LogP contribution in [0.15, 0.2) is 194 Å². The van der Waals surface area contributed by atoms with Crippen LogP contribution in [0.1, 0.15) is 65.5 Å². The summed E-state index contributed by atoms with van der Waals surface area (Å²) in [5.74, 6) is 3.98. The SMILES string of the molecule is Cc1ccc(-c2nc(-c3ccc(F)cc3)nc(-c3ccc(-c4cc5c(cc4C#N)-c4cc(C#N)c(-c6nccc(-c7nc(-c8ccc(C)cc8)nc(-c8ccc(F)cc8)n7)n6)cc4C54C5CC6CC(C5)CC4C6)c(-c4cccc5c4sc4ccccc45)c3)n2)cc1. The Hall–Kier alpha value is -10.9. The van der Waals surface area contributed by atoms with E-state index in [-0.39, 0.29) is 11.6 Å². The van der Waals surface area contributed by atoms with Gasteiger partial charge in [-0.15, -0.1) is 11.3 Å². The van der Waals surface area contributed by atoms with Crippen LogP contribution < -0.4 is 0 Å². The fraction of sp³-hybridized carbons (Fsp3) is 0.154. The van der Waals surface area contributed by atoms with E-state index in [1.54, 1.807) is 47.9 Å². The number of nitrogens with zero attached hydrogens (tertiary/aromatic N) is 10. The van der Waals surface area contributed by atoms with E-state index in [0.717, 1.165) is 103 Å². The lowest BCUT2D eigenvalue weighted by Crippen LogP contribution is -2.55. The fourth-order valence-corrected chi connectivity index (χ4v) is 16.9. The molecule has 13 aromatic rings. The summed E-state index contributed by atoms with van der Waals surface area (Å²) in [6, 6.07) is 65.4. The largest absolute Gasteiger partial charge is 0.236 e. The lowest BCUT2D eigenvalue weighted by Gasteiger charge is -2.61. The van der Waals surface area contributed by atoms with Gasteiger partial charge in [0.2, 0.25) is 0 Å². The number of nitriles is 2. The van der Waals surface area contributed by atoms with Crippen LogP contribution in [0, 0.1) is 71.8 Å². The van der Waals surface area contributed by atoms with Gasteiger partial charge in [0.05, 0.1) is 23.3 Å². The first kappa shape index (κ1) is 54.3. The summed E-state index contributed by atoms with van der Waals surface area (Å²) in [6.07, 6.45) is 7.30. The van der Waals surface area contributed by atoms with Gasteiger partial charge in [0.1, 0.15) is 17.3 Å². The average Bonchev–Trinajstić information content (AvgIpc) is 1.56. The van der Waals surface area contributed by atoms with Gasteiger partial charge in [-0.1, -0.05) is 108 Å². The number of hydrogen-bond donors (Lipinski definition) is 0. The third-order valence-corrected chi connectivity index (χ3v) is 20.9. The van der Waals surface area contributed by atoms with Crippen LogP contribution in [0.3, 0.4) is 0 Å². The van der Waals surface area contributed by atoms with Gasteiger partial charge in [0.15, 0.2) is 40.8 Å².